The van der Waals surface area contributed by atoms with Crippen LogP contribution < -0.4 is 4.74 Å². The molecular weight excluding hydrogens is 268 g/mol. The number of methoxy groups -OCH3 is 1. The highest BCUT2D eigenvalue weighted by Gasteiger charge is 2.24. The van der Waals surface area contributed by atoms with Gasteiger partial charge in [0.1, 0.15) is 11.4 Å². The lowest BCUT2D eigenvalue weighted by atomic mass is 10.2. The molecule has 0 spiro atoms. The Morgan fingerprint density at radius 2 is 2.10 bits per heavy atom. The molecule has 0 N–H and O–H groups in total. The number of benzene rings is 1. The van der Waals surface area contributed by atoms with Crippen molar-refractivity contribution in [2.75, 3.05) is 7.11 Å². The van der Waals surface area contributed by atoms with Crippen LogP contribution in [0.2, 0.25) is 0 Å². The Morgan fingerprint density at radius 1 is 1.19 bits per heavy atom. The van der Waals surface area contributed by atoms with Crippen LogP contribution in [-0.2, 0) is 9.53 Å². The zero-order valence-electron chi connectivity index (χ0n) is 11.3. The van der Waals surface area contributed by atoms with Gasteiger partial charge in [-0.2, -0.15) is 0 Å². The lowest BCUT2D eigenvalue weighted by molar-refractivity contribution is -0.129. The highest BCUT2D eigenvalue weighted by atomic mass is 16.6. The van der Waals surface area contributed by atoms with E-state index in [0.29, 0.717) is 11.4 Å². The topological polar surface area (TPSA) is 60.8 Å². The molecule has 0 aliphatic carbocycles. The number of pyridine rings is 1. The van der Waals surface area contributed by atoms with Crippen LogP contribution in [0.1, 0.15) is 11.3 Å². The molecular formula is C16H12N2O3. The van der Waals surface area contributed by atoms with Crippen LogP contribution >= 0.6 is 0 Å². The molecule has 0 bridgehead atoms. The number of cyclic esters (lactones) is 1. The molecule has 1 aromatic heterocycles. The van der Waals surface area contributed by atoms with Crippen molar-refractivity contribution in [2.24, 2.45) is 4.99 Å². The fourth-order valence-electron chi connectivity index (χ4n) is 1.90. The Bertz CT molecular complexity index is 736. The Morgan fingerprint density at radius 3 is 2.86 bits per heavy atom. The van der Waals surface area contributed by atoms with Gasteiger partial charge in [-0.25, -0.2) is 9.79 Å². The van der Waals surface area contributed by atoms with E-state index in [9.17, 15) is 4.79 Å². The van der Waals surface area contributed by atoms with E-state index in [1.807, 2.05) is 30.3 Å². The molecule has 2 aromatic rings. The Hall–Kier alpha value is -2.95. The second-order valence-corrected chi connectivity index (χ2v) is 4.33. The molecule has 3 rings (SSSR count). The summed E-state index contributed by atoms with van der Waals surface area (Å²) in [5.74, 6) is 0.442. The quantitative estimate of drug-likeness (QED) is 0.640. The molecule has 5 heteroatoms. The lowest BCUT2D eigenvalue weighted by Gasteiger charge is -2.00. The molecule has 0 unspecified atom stereocenters. The summed E-state index contributed by atoms with van der Waals surface area (Å²) in [6.07, 6.45) is 3.27. The number of carbonyl (C=O) groups excluding carboxylic acids is 1. The molecule has 21 heavy (non-hydrogen) atoms. The standard InChI is InChI=1S/C16H12N2O3/c1-20-12-6-4-5-11(9-12)10-14-16(19)21-15(18-14)13-7-2-3-8-17-13/h2-10H,1H3/b14-10+. The minimum Gasteiger partial charge on any atom is -0.497 e. The van der Waals surface area contributed by atoms with E-state index in [1.54, 1.807) is 31.5 Å². The summed E-state index contributed by atoms with van der Waals surface area (Å²) < 4.78 is 10.3. The third-order valence-corrected chi connectivity index (χ3v) is 2.90. The smallest absolute Gasteiger partial charge is 0.363 e. The van der Waals surface area contributed by atoms with Crippen LogP contribution in [0.3, 0.4) is 0 Å². The fraction of sp³-hybridized carbons (Fsp3) is 0.0625. The molecule has 1 aromatic carbocycles. The van der Waals surface area contributed by atoms with Gasteiger partial charge in [-0.15, -0.1) is 0 Å². The summed E-state index contributed by atoms with van der Waals surface area (Å²) in [6.45, 7) is 0. The number of hydrogen-bond donors (Lipinski definition) is 0. The number of esters is 1. The van der Waals surface area contributed by atoms with Gasteiger partial charge in [0.25, 0.3) is 0 Å². The number of aliphatic imine (C=N–C) groups is 1. The first-order valence-corrected chi connectivity index (χ1v) is 6.34. The minimum absolute atomic E-state index is 0.217. The highest BCUT2D eigenvalue weighted by Crippen LogP contribution is 2.20. The maximum absolute atomic E-state index is 11.9. The number of ether oxygens (including phenoxy) is 2. The number of aromatic nitrogens is 1. The summed E-state index contributed by atoms with van der Waals surface area (Å²) in [7, 11) is 1.59. The van der Waals surface area contributed by atoms with Crippen molar-refractivity contribution in [1.29, 1.82) is 0 Å². The van der Waals surface area contributed by atoms with Crippen LogP contribution in [0.15, 0.2) is 59.4 Å². The molecule has 0 saturated heterocycles. The van der Waals surface area contributed by atoms with Gasteiger partial charge in [0.2, 0.25) is 5.90 Å². The molecule has 0 saturated carbocycles. The van der Waals surface area contributed by atoms with E-state index in [-0.39, 0.29) is 11.6 Å². The van der Waals surface area contributed by atoms with Crippen LogP contribution in [0.4, 0.5) is 0 Å². The summed E-state index contributed by atoms with van der Waals surface area (Å²) >= 11 is 0. The molecule has 1 aliphatic rings. The number of carbonyl (C=O) groups is 1. The van der Waals surface area contributed by atoms with Crippen molar-refractivity contribution in [3.05, 3.63) is 65.6 Å². The maximum atomic E-state index is 11.9. The van der Waals surface area contributed by atoms with Gasteiger partial charge in [0, 0.05) is 6.20 Å². The predicted molar refractivity (Wildman–Crippen MR) is 77.8 cm³/mol. The number of nitrogens with zero attached hydrogens (tertiary/aromatic N) is 2. The zero-order valence-corrected chi connectivity index (χ0v) is 11.3. The van der Waals surface area contributed by atoms with E-state index in [4.69, 9.17) is 9.47 Å². The van der Waals surface area contributed by atoms with Gasteiger partial charge in [-0.05, 0) is 35.9 Å². The van der Waals surface area contributed by atoms with Gasteiger partial charge < -0.3 is 9.47 Å². The maximum Gasteiger partial charge on any atom is 0.363 e. The third kappa shape index (κ3) is 2.81. The first kappa shape index (κ1) is 13.1. The molecule has 0 radical (unpaired) electrons. The van der Waals surface area contributed by atoms with E-state index in [0.717, 1.165) is 5.56 Å². The third-order valence-electron chi connectivity index (χ3n) is 2.90. The molecule has 104 valence electrons. The van der Waals surface area contributed by atoms with Crippen molar-refractivity contribution >= 4 is 17.9 Å². The van der Waals surface area contributed by atoms with Gasteiger partial charge in [0.05, 0.1) is 7.11 Å². The van der Waals surface area contributed by atoms with Crippen LogP contribution in [-0.4, -0.2) is 24.0 Å². The van der Waals surface area contributed by atoms with Crippen molar-refractivity contribution in [3.63, 3.8) is 0 Å². The molecule has 2 heterocycles. The molecule has 0 amide bonds. The van der Waals surface area contributed by atoms with Gasteiger partial charge in [0.15, 0.2) is 5.70 Å². The number of hydrogen-bond acceptors (Lipinski definition) is 5. The second-order valence-electron chi connectivity index (χ2n) is 4.33. The first-order chi connectivity index (χ1) is 10.3. The van der Waals surface area contributed by atoms with Crippen molar-refractivity contribution in [1.82, 2.24) is 4.98 Å². The average molecular weight is 280 g/mol. The highest BCUT2D eigenvalue weighted by molar-refractivity contribution is 6.12. The van der Waals surface area contributed by atoms with Gasteiger partial charge >= 0.3 is 5.97 Å². The second kappa shape index (κ2) is 5.58. The monoisotopic (exact) mass is 280 g/mol. The molecule has 1 aliphatic heterocycles. The van der Waals surface area contributed by atoms with E-state index >= 15 is 0 Å². The normalized spacial score (nSPS) is 15.8. The SMILES string of the molecule is COc1cccc(/C=C2/N=C(c3ccccn3)OC2=O)c1. The fourth-order valence-corrected chi connectivity index (χ4v) is 1.90. The van der Waals surface area contributed by atoms with Crippen LogP contribution in [0.5, 0.6) is 5.75 Å². The predicted octanol–water partition coefficient (Wildman–Crippen LogP) is 2.43. The van der Waals surface area contributed by atoms with Crippen molar-refractivity contribution in [2.45, 2.75) is 0 Å². The molecule has 0 atom stereocenters. The van der Waals surface area contributed by atoms with Crippen molar-refractivity contribution < 1.29 is 14.3 Å². The summed E-state index contributed by atoms with van der Waals surface area (Å²) in [4.78, 5) is 20.2. The largest absolute Gasteiger partial charge is 0.497 e. The molecule has 5 nitrogen and oxygen atoms in total. The van der Waals surface area contributed by atoms with Gasteiger partial charge in [-0.3, -0.25) is 4.98 Å². The molecule has 0 fully saturated rings. The summed E-state index contributed by atoms with van der Waals surface area (Å²) in [5.41, 5.74) is 1.58. The van der Waals surface area contributed by atoms with Crippen LogP contribution in [0.25, 0.3) is 6.08 Å². The zero-order chi connectivity index (χ0) is 14.7. The Balaban J connectivity index is 1.93. The van der Waals surface area contributed by atoms with E-state index < -0.39 is 5.97 Å². The number of rotatable bonds is 3. The average Bonchev–Trinajstić information content (AvgIpc) is 2.89. The first-order valence-electron chi connectivity index (χ1n) is 6.34. The van der Waals surface area contributed by atoms with E-state index in [1.165, 1.54) is 0 Å². The summed E-state index contributed by atoms with van der Waals surface area (Å²) in [5, 5.41) is 0. The lowest BCUT2D eigenvalue weighted by Crippen LogP contribution is -2.06. The Kier molecular flexibility index (Phi) is 3.47. The Labute approximate surface area is 121 Å². The van der Waals surface area contributed by atoms with Crippen LogP contribution in [0, 0.1) is 0 Å². The minimum atomic E-state index is -0.488. The van der Waals surface area contributed by atoms with E-state index in [2.05, 4.69) is 9.98 Å². The van der Waals surface area contributed by atoms with Gasteiger partial charge in [-0.1, -0.05) is 18.2 Å². The van der Waals surface area contributed by atoms with Crippen molar-refractivity contribution in [3.8, 4) is 5.75 Å². The summed E-state index contributed by atoms with van der Waals surface area (Å²) in [6, 6.07) is 12.7.